The molecule has 0 aliphatic rings. The number of nitrogens with zero attached hydrogens (tertiary/aromatic N) is 2. The molecular formula is C17H10ClN3OS. The molecule has 0 bridgehead atoms. The average molecular weight is 340 g/mol. The highest BCUT2D eigenvalue weighted by atomic mass is 35.5. The fraction of sp³-hybridized carbons (Fsp3) is 0. The standard InChI is InChI=1S/C17H10ClN3OS/c18-13-5-3-12(4-6-13)17-21-15(10-23-17)16(22)20-14-7-1-11(9-19)2-8-14/h1-8,10H,(H,20,22). The number of carbonyl (C=O) groups is 1. The van der Waals surface area contributed by atoms with Crippen LogP contribution in [0.15, 0.2) is 53.9 Å². The van der Waals surface area contributed by atoms with Crippen LogP contribution in [0.3, 0.4) is 0 Å². The summed E-state index contributed by atoms with van der Waals surface area (Å²) in [5.41, 5.74) is 2.43. The fourth-order valence-electron chi connectivity index (χ4n) is 1.93. The maximum absolute atomic E-state index is 12.2. The molecule has 1 heterocycles. The van der Waals surface area contributed by atoms with E-state index in [0.717, 1.165) is 10.6 Å². The van der Waals surface area contributed by atoms with Crippen LogP contribution in [0.25, 0.3) is 10.6 Å². The van der Waals surface area contributed by atoms with E-state index in [1.54, 1.807) is 41.8 Å². The van der Waals surface area contributed by atoms with Crippen LogP contribution in [0.4, 0.5) is 5.69 Å². The first kappa shape index (κ1) is 15.2. The molecule has 0 atom stereocenters. The molecule has 0 aliphatic heterocycles. The third-order valence-electron chi connectivity index (χ3n) is 3.10. The van der Waals surface area contributed by atoms with Gasteiger partial charge in [-0.15, -0.1) is 11.3 Å². The van der Waals surface area contributed by atoms with Gasteiger partial charge in [0.1, 0.15) is 10.7 Å². The third-order valence-corrected chi connectivity index (χ3v) is 4.24. The predicted molar refractivity (Wildman–Crippen MR) is 91.7 cm³/mol. The average Bonchev–Trinajstić information content (AvgIpc) is 3.06. The Bertz CT molecular complexity index is 879. The van der Waals surface area contributed by atoms with E-state index in [1.807, 2.05) is 18.2 Å². The lowest BCUT2D eigenvalue weighted by atomic mass is 10.2. The van der Waals surface area contributed by atoms with E-state index in [1.165, 1.54) is 11.3 Å². The minimum absolute atomic E-state index is 0.286. The van der Waals surface area contributed by atoms with Crippen molar-refractivity contribution < 1.29 is 4.79 Å². The second kappa shape index (κ2) is 6.61. The molecule has 0 unspecified atom stereocenters. The summed E-state index contributed by atoms with van der Waals surface area (Å²) >= 11 is 7.26. The zero-order chi connectivity index (χ0) is 16.2. The van der Waals surface area contributed by atoms with Crippen molar-refractivity contribution in [2.24, 2.45) is 0 Å². The Morgan fingerprint density at radius 2 is 1.83 bits per heavy atom. The Balaban J connectivity index is 1.75. The molecule has 1 N–H and O–H groups in total. The Labute approximate surface area is 142 Å². The minimum atomic E-state index is -0.286. The molecule has 6 heteroatoms. The Morgan fingerprint density at radius 1 is 1.13 bits per heavy atom. The Kier molecular flexibility index (Phi) is 4.38. The van der Waals surface area contributed by atoms with E-state index in [4.69, 9.17) is 16.9 Å². The van der Waals surface area contributed by atoms with Crippen LogP contribution in [-0.4, -0.2) is 10.9 Å². The van der Waals surface area contributed by atoms with Crippen molar-refractivity contribution in [3.8, 4) is 16.6 Å². The third kappa shape index (κ3) is 3.57. The van der Waals surface area contributed by atoms with Crippen LogP contribution < -0.4 is 5.32 Å². The van der Waals surface area contributed by atoms with Crippen LogP contribution in [0, 0.1) is 11.3 Å². The summed E-state index contributed by atoms with van der Waals surface area (Å²) in [6.45, 7) is 0. The van der Waals surface area contributed by atoms with Gasteiger partial charge in [-0.05, 0) is 36.4 Å². The van der Waals surface area contributed by atoms with Gasteiger partial charge in [0, 0.05) is 21.7 Å². The van der Waals surface area contributed by atoms with Gasteiger partial charge in [-0.1, -0.05) is 23.7 Å². The van der Waals surface area contributed by atoms with E-state index in [0.29, 0.717) is 22.0 Å². The maximum atomic E-state index is 12.2. The van der Waals surface area contributed by atoms with Gasteiger partial charge in [-0.25, -0.2) is 4.98 Å². The highest BCUT2D eigenvalue weighted by Gasteiger charge is 2.12. The van der Waals surface area contributed by atoms with Crippen LogP contribution in [0.2, 0.25) is 5.02 Å². The van der Waals surface area contributed by atoms with Crippen LogP contribution in [-0.2, 0) is 0 Å². The number of nitrogens with one attached hydrogen (secondary N) is 1. The van der Waals surface area contributed by atoms with Crippen molar-refractivity contribution in [2.45, 2.75) is 0 Å². The summed E-state index contributed by atoms with van der Waals surface area (Å²) in [4.78, 5) is 16.6. The summed E-state index contributed by atoms with van der Waals surface area (Å²) < 4.78 is 0. The molecule has 1 amide bonds. The molecule has 0 saturated heterocycles. The van der Waals surface area contributed by atoms with Crippen molar-refractivity contribution in [2.75, 3.05) is 5.32 Å². The molecule has 1 aromatic heterocycles. The smallest absolute Gasteiger partial charge is 0.275 e. The molecule has 2 aromatic carbocycles. The zero-order valence-corrected chi connectivity index (χ0v) is 13.4. The molecule has 3 aromatic rings. The maximum Gasteiger partial charge on any atom is 0.275 e. The van der Waals surface area contributed by atoms with Gasteiger partial charge in [0.2, 0.25) is 0 Å². The number of hydrogen-bond acceptors (Lipinski definition) is 4. The first-order valence-electron chi connectivity index (χ1n) is 6.69. The molecule has 3 rings (SSSR count). The summed E-state index contributed by atoms with van der Waals surface area (Å²) in [5, 5.41) is 14.6. The highest BCUT2D eigenvalue weighted by Crippen LogP contribution is 2.25. The topological polar surface area (TPSA) is 65.8 Å². The highest BCUT2D eigenvalue weighted by molar-refractivity contribution is 7.13. The van der Waals surface area contributed by atoms with Crippen molar-refractivity contribution in [3.05, 3.63) is 70.2 Å². The van der Waals surface area contributed by atoms with E-state index in [-0.39, 0.29) is 5.91 Å². The number of rotatable bonds is 3. The monoisotopic (exact) mass is 339 g/mol. The molecule has 0 spiro atoms. The molecule has 0 saturated carbocycles. The summed E-state index contributed by atoms with van der Waals surface area (Å²) in [7, 11) is 0. The lowest BCUT2D eigenvalue weighted by Crippen LogP contribution is -2.12. The first-order chi connectivity index (χ1) is 11.2. The Morgan fingerprint density at radius 3 is 2.48 bits per heavy atom. The molecule has 0 fully saturated rings. The van der Waals surface area contributed by atoms with E-state index >= 15 is 0 Å². The van der Waals surface area contributed by atoms with E-state index < -0.39 is 0 Å². The number of halogens is 1. The summed E-state index contributed by atoms with van der Waals surface area (Å²) in [5.74, 6) is -0.286. The largest absolute Gasteiger partial charge is 0.321 e. The molecule has 112 valence electrons. The quantitative estimate of drug-likeness (QED) is 0.759. The second-order valence-electron chi connectivity index (χ2n) is 4.69. The normalized spacial score (nSPS) is 10.1. The van der Waals surface area contributed by atoms with Crippen LogP contribution >= 0.6 is 22.9 Å². The van der Waals surface area contributed by atoms with Crippen molar-refractivity contribution in [1.82, 2.24) is 4.98 Å². The number of thiazole rings is 1. The van der Waals surface area contributed by atoms with Gasteiger partial charge in [0.15, 0.2) is 0 Å². The molecule has 0 aliphatic carbocycles. The van der Waals surface area contributed by atoms with Crippen molar-refractivity contribution in [1.29, 1.82) is 5.26 Å². The number of nitriles is 1. The second-order valence-corrected chi connectivity index (χ2v) is 5.98. The van der Waals surface area contributed by atoms with Crippen molar-refractivity contribution in [3.63, 3.8) is 0 Å². The first-order valence-corrected chi connectivity index (χ1v) is 7.94. The lowest BCUT2D eigenvalue weighted by Gasteiger charge is -2.02. The molecule has 23 heavy (non-hydrogen) atoms. The number of anilines is 1. The van der Waals surface area contributed by atoms with Gasteiger partial charge >= 0.3 is 0 Å². The van der Waals surface area contributed by atoms with Crippen LogP contribution in [0.1, 0.15) is 16.1 Å². The SMILES string of the molecule is N#Cc1ccc(NC(=O)c2csc(-c3ccc(Cl)cc3)n2)cc1. The number of amides is 1. The van der Waals surface area contributed by atoms with E-state index in [9.17, 15) is 4.79 Å². The van der Waals surface area contributed by atoms with Gasteiger partial charge in [0.25, 0.3) is 5.91 Å². The number of carbonyl (C=O) groups excluding carboxylic acids is 1. The zero-order valence-electron chi connectivity index (χ0n) is 11.8. The van der Waals surface area contributed by atoms with Gasteiger partial charge in [-0.2, -0.15) is 5.26 Å². The van der Waals surface area contributed by atoms with E-state index in [2.05, 4.69) is 10.3 Å². The lowest BCUT2D eigenvalue weighted by molar-refractivity contribution is 0.102. The fourth-order valence-corrected chi connectivity index (χ4v) is 2.86. The number of hydrogen-bond donors (Lipinski definition) is 1. The van der Waals surface area contributed by atoms with Gasteiger partial charge < -0.3 is 5.32 Å². The molecule has 4 nitrogen and oxygen atoms in total. The summed E-state index contributed by atoms with van der Waals surface area (Å²) in [6.07, 6.45) is 0. The number of aromatic nitrogens is 1. The van der Waals surface area contributed by atoms with Gasteiger partial charge in [-0.3, -0.25) is 4.79 Å². The van der Waals surface area contributed by atoms with Crippen LogP contribution in [0.5, 0.6) is 0 Å². The predicted octanol–water partition coefficient (Wildman–Crippen LogP) is 4.59. The molecular weight excluding hydrogens is 330 g/mol. The number of benzene rings is 2. The van der Waals surface area contributed by atoms with Gasteiger partial charge in [0.05, 0.1) is 11.6 Å². The summed E-state index contributed by atoms with van der Waals surface area (Å²) in [6, 6.07) is 16.0. The Hall–Kier alpha value is -2.68. The molecule has 0 radical (unpaired) electrons. The minimum Gasteiger partial charge on any atom is -0.321 e. The van der Waals surface area contributed by atoms with Crippen molar-refractivity contribution >= 4 is 34.5 Å².